The number of hydrogen-bond acceptors (Lipinski definition) is 1. The second kappa shape index (κ2) is 2.59. The number of carbonyl (C=O) groups excluding carboxylic acids is 1. The van der Waals surface area contributed by atoms with Crippen molar-refractivity contribution in [1.82, 2.24) is 5.32 Å². The Labute approximate surface area is 78.0 Å². The number of hydrogen-bond donors (Lipinski definition) is 0. The van der Waals surface area contributed by atoms with Crippen LogP contribution in [0.2, 0.25) is 0 Å². The SMILES string of the molecule is CC(=O)C1(C)Cc2ccccc2[N]1. The van der Waals surface area contributed by atoms with Crippen LogP contribution in [0.3, 0.4) is 0 Å². The van der Waals surface area contributed by atoms with Gasteiger partial charge in [-0.25, -0.2) is 0 Å². The van der Waals surface area contributed by atoms with Crippen LogP contribution in [-0.2, 0) is 11.2 Å². The van der Waals surface area contributed by atoms with E-state index in [4.69, 9.17) is 0 Å². The summed E-state index contributed by atoms with van der Waals surface area (Å²) in [5.74, 6) is 0.142. The highest BCUT2D eigenvalue weighted by molar-refractivity contribution is 5.88. The lowest BCUT2D eigenvalue weighted by Crippen LogP contribution is -2.39. The summed E-state index contributed by atoms with van der Waals surface area (Å²) in [4.78, 5) is 11.3. The molecule has 1 radical (unpaired) electrons. The Balaban J connectivity index is 2.37. The molecule has 2 rings (SSSR count). The predicted molar refractivity (Wildman–Crippen MR) is 51.0 cm³/mol. The lowest BCUT2D eigenvalue weighted by atomic mass is 9.94. The summed E-state index contributed by atoms with van der Waals surface area (Å²) >= 11 is 0. The molecule has 2 heteroatoms. The van der Waals surface area contributed by atoms with Gasteiger partial charge in [-0.05, 0) is 25.5 Å². The van der Waals surface area contributed by atoms with Gasteiger partial charge < -0.3 is 0 Å². The van der Waals surface area contributed by atoms with Crippen LogP contribution in [0.1, 0.15) is 19.4 Å². The van der Waals surface area contributed by atoms with Gasteiger partial charge in [0.1, 0.15) is 5.54 Å². The minimum atomic E-state index is -0.510. The molecule has 0 spiro atoms. The van der Waals surface area contributed by atoms with Crippen molar-refractivity contribution in [2.75, 3.05) is 0 Å². The molecule has 0 bridgehead atoms. The number of benzene rings is 1. The first-order chi connectivity index (χ1) is 6.12. The molecular formula is C11H12NO. The molecule has 0 N–H and O–H groups in total. The average molecular weight is 174 g/mol. The van der Waals surface area contributed by atoms with Gasteiger partial charge in [-0.1, -0.05) is 18.2 Å². The molecule has 1 aliphatic rings. The monoisotopic (exact) mass is 174 g/mol. The second-order valence-corrected chi connectivity index (χ2v) is 3.75. The van der Waals surface area contributed by atoms with E-state index in [0.29, 0.717) is 0 Å². The van der Waals surface area contributed by atoms with Crippen LogP contribution in [0.4, 0.5) is 5.69 Å². The number of Topliss-reactive ketones (excluding diaryl/α,β-unsaturated/α-hetero) is 1. The largest absolute Gasteiger partial charge is 0.297 e. The van der Waals surface area contributed by atoms with Crippen molar-refractivity contribution < 1.29 is 4.79 Å². The maximum Gasteiger partial charge on any atom is 0.157 e. The Morgan fingerprint density at radius 3 is 2.77 bits per heavy atom. The third-order valence-electron chi connectivity index (χ3n) is 2.65. The van der Waals surface area contributed by atoms with Gasteiger partial charge in [0, 0.05) is 6.42 Å². The highest BCUT2D eigenvalue weighted by Gasteiger charge is 2.37. The number of para-hydroxylation sites is 1. The molecule has 0 fully saturated rings. The fourth-order valence-electron chi connectivity index (χ4n) is 1.65. The maximum atomic E-state index is 11.3. The van der Waals surface area contributed by atoms with Gasteiger partial charge in [0.05, 0.1) is 5.69 Å². The third-order valence-corrected chi connectivity index (χ3v) is 2.65. The molecule has 1 aliphatic heterocycles. The van der Waals surface area contributed by atoms with Crippen molar-refractivity contribution in [2.24, 2.45) is 0 Å². The highest BCUT2D eigenvalue weighted by Crippen LogP contribution is 2.32. The number of nitrogens with zero attached hydrogens (tertiary/aromatic N) is 1. The summed E-state index contributed by atoms with van der Waals surface area (Å²) in [7, 11) is 0. The molecule has 1 atom stereocenters. The quantitative estimate of drug-likeness (QED) is 0.639. The Kier molecular flexibility index (Phi) is 1.65. The van der Waals surface area contributed by atoms with Crippen LogP contribution in [0.25, 0.3) is 0 Å². The topological polar surface area (TPSA) is 31.2 Å². The molecule has 0 aliphatic carbocycles. The van der Waals surface area contributed by atoms with E-state index in [1.165, 1.54) is 5.56 Å². The van der Waals surface area contributed by atoms with E-state index < -0.39 is 5.54 Å². The van der Waals surface area contributed by atoms with Crippen LogP contribution in [-0.4, -0.2) is 11.3 Å². The van der Waals surface area contributed by atoms with Gasteiger partial charge in [0.25, 0.3) is 0 Å². The molecule has 0 aromatic heterocycles. The molecular weight excluding hydrogens is 162 g/mol. The summed E-state index contributed by atoms with van der Waals surface area (Å²) in [6.07, 6.45) is 0.749. The molecule has 0 amide bonds. The smallest absolute Gasteiger partial charge is 0.157 e. The summed E-state index contributed by atoms with van der Waals surface area (Å²) in [6.45, 7) is 3.50. The van der Waals surface area contributed by atoms with E-state index in [1.807, 2.05) is 31.2 Å². The molecule has 0 saturated heterocycles. The first-order valence-corrected chi connectivity index (χ1v) is 4.44. The number of rotatable bonds is 1. The van der Waals surface area contributed by atoms with Crippen LogP contribution >= 0.6 is 0 Å². The van der Waals surface area contributed by atoms with Gasteiger partial charge >= 0.3 is 0 Å². The van der Waals surface area contributed by atoms with Crippen molar-refractivity contribution in [2.45, 2.75) is 25.8 Å². The van der Waals surface area contributed by atoms with E-state index in [1.54, 1.807) is 6.92 Å². The standard InChI is InChI=1S/C11H12NO/c1-8(13)11(2)7-9-5-3-4-6-10(9)12-11/h3-6H,7H2,1-2H3. The van der Waals surface area contributed by atoms with E-state index >= 15 is 0 Å². The molecule has 67 valence electrons. The first-order valence-electron chi connectivity index (χ1n) is 4.44. The van der Waals surface area contributed by atoms with Crippen LogP contribution in [0.15, 0.2) is 24.3 Å². The van der Waals surface area contributed by atoms with Crippen LogP contribution in [0.5, 0.6) is 0 Å². The van der Waals surface area contributed by atoms with E-state index in [9.17, 15) is 4.79 Å². The van der Waals surface area contributed by atoms with Crippen molar-refractivity contribution in [3.8, 4) is 0 Å². The Hall–Kier alpha value is -1.31. The summed E-state index contributed by atoms with van der Waals surface area (Å²) in [5.41, 5.74) is 1.64. The van der Waals surface area contributed by atoms with Crippen molar-refractivity contribution in [3.05, 3.63) is 29.8 Å². The van der Waals surface area contributed by atoms with Crippen molar-refractivity contribution in [3.63, 3.8) is 0 Å². The summed E-state index contributed by atoms with van der Waals surface area (Å²) in [6, 6.07) is 7.94. The normalized spacial score (nSPS) is 25.1. The van der Waals surface area contributed by atoms with Gasteiger partial charge in [-0.2, -0.15) is 0 Å². The zero-order chi connectivity index (χ0) is 9.47. The predicted octanol–water partition coefficient (Wildman–Crippen LogP) is 1.83. The van der Waals surface area contributed by atoms with E-state index in [2.05, 4.69) is 5.32 Å². The molecule has 2 nitrogen and oxygen atoms in total. The molecule has 1 aromatic rings. The minimum absolute atomic E-state index is 0.142. The lowest BCUT2D eigenvalue weighted by molar-refractivity contribution is -0.122. The summed E-state index contributed by atoms with van der Waals surface area (Å²) in [5, 5.41) is 4.43. The lowest BCUT2D eigenvalue weighted by Gasteiger charge is -2.18. The highest BCUT2D eigenvalue weighted by atomic mass is 16.1. The van der Waals surface area contributed by atoms with Gasteiger partial charge in [0.15, 0.2) is 5.78 Å². The van der Waals surface area contributed by atoms with Gasteiger partial charge in [-0.3, -0.25) is 10.1 Å². The van der Waals surface area contributed by atoms with Gasteiger partial charge in [-0.15, -0.1) is 0 Å². The Bertz CT molecular complexity index is 332. The average Bonchev–Trinajstić information content (AvgIpc) is 2.42. The van der Waals surface area contributed by atoms with Crippen molar-refractivity contribution >= 4 is 11.5 Å². The Morgan fingerprint density at radius 1 is 1.46 bits per heavy atom. The second-order valence-electron chi connectivity index (χ2n) is 3.75. The van der Waals surface area contributed by atoms with Crippen LogP contribution in [0, 0.1) is 0 Å². The zero-order valence-corrected chi connectivity index (χ0v) is 7.87. The molecule has 13 heavy (non-hydrogen) atoms. The van der Waals surface area contributed by atoms with Crippen molar-refractivity contribution in [1.29, 1.82) is 0 Å². The fraction of sp³-hybridized carbons (Fsp3) is 0.364. The Morgan fingerprint density at radius 2 is 2.15 bits per heavy atom. The number of fused-ring (bicyclic) bond motifs is 1. The number of carbonyl (C=O) groups is 1. The van der Waals surface area contributed by atoms with E-state index in [0.717, 1.165) is 12.1 Å². The number of ketones is 1. The zero-order valence-electron chi connectivity index (χ0n) is 7.87. The third kappa shape index (κ3) is 1.22. The minimum Gasteiger partial charge on any atom is -0.297 e. The van der Waals surface area contributed by atoms with Crippen LogP contribution < -0.4 is 5.32 Å². The molecule has 0 saturated carbocycles. The fourth-order valence-corrected chi connectivity index (χ4v) is 1.65. The van der Waals surface area contributed by atoms with Gasteiger partial charge in [0.2, 0.25) is 0 Å². The van der Waals surface area contributed by atoms with E-state index in [-0.39, 0.29) is 5.78 Å². The molecule has 1 unspecified atom stereocenters. The summed E-state index contributed by atoms with van der Waals surface area (Å²) < 4.78 is 0. The maximum absolute atomic E-state index is 11.3. The first kappa shape index (κ1) is 8.30. The molecule has 1 aromatic carbocycles. The molecule has 1 heterocycles.